The second kappa shape index (κ2) is 7.55. The molecule has 2 aliphatic heterocycles. The van der Waals surface area contributed by atoms with E-state index in [1.54, 1.807) is 5.56 Å². The van der Waals surface area contributed by atoms with Crippen LogP contribution in [0.3, 0.4) is 0 Å². The van der Waals surface area contributed by atoms with Crippen LogP contribution in [-0.4, -0.2) is 44.3 Å². The number of hydrogen-bond donors (Lipinski definition) is 1. The van der Waals surface area contributed by atoms with E-state index >= 15 is 0 Å². The lowest BCUT2D eigenvalue weighted by molar-refractivity contribution is 0.0209. The normalized spacial score (nSPS) is 21.9. The van der Waals surface area contributed by atoms with Crippen LogP contribution in [0.5, 0.6) is 0 Å². The van der Waals surface area contributed by atoms with Crippen molar-refractivity contribution in [3.05, 3.63) is 33.4 Å². The number of nitrogens with zero attached hydrogens (tertiary/aromatic N) is 1. The summed E-state index contributed by atoms with van der Waals surface area (Å²) in [6.07, 6.45) is 2.39. The topological polar surface area (TPSA) is 24.5 Å². The van der Waals surface area contributed by atoms with Gasteiger partial charge in [0, 0.05) is 45.4 Å². The highest BCUT2D eigenvalue weighted by atomic mass is 16.5. The number of benzene rings is 1. The Hall–Kier alpha value is -0.900. The van der Waals surface area contributed by atoms with Crippen molar-refractivity contribution in [1.82, 2.24) is 10.2 Å². The van der Waals surface area contributed by atoms with Gasteiger partial charge in [-0.05, 0) is 86.8 Å². The van der Waals surface area contributed by atoms with Crippen molar-refractivity contribution in [2.45, 2.75) is 53.5 Å². The number of ether oxygens (including phenoxy) is 1. The van der Waals surface area contributed by atoms with E-state index < -0.39 is 0 Å². The van der Waals surface area contributed by atoms with Gasteiger partial charge < -0.3 is 10.1 Å². The van der Waals surface area contributed by atoms with Gasteiger partial charge >= 0.3 is 0 Å². The van der Waals surface area contributed by atoms with Crippen molar-refractivity contribution in [3.8, 4) is 0 Å². The first-order valence-corrected chi connectivity index (χ1v) is 9.61. The fourth-order valence-corrected chi connectivity index (χ4v) is 4.68. The molecular formula is C21H34N2O. The summed E-state index contributed by atoms with van der Waals surface area (Å²) in [4.78, 5) is 2.75. The summed E-state index contributed by atoms with van der Waals surface area (Å²) in [6.45, 7) is 18.0. The Morgan fingerprint density at radius 3 is 1.88 bits per heavy atom. The van der Waals surface area contributed by atoms with E-state index in [0.717, 1.165) is 45.3 Å². The van der Waals surface area contributed by atoms with E-state index in [4.69, 9.17) is 4.74 Å². The summed E-state index contributed by atoms with van der Waals surface area (Å²) >= 11 is 0. The van der Waals surface area contributed by atoms with Crippen LogP contribution in [0.1, 0.15) is 52.3 Å². The maximum absolute atomic E-state index is 5.67. The molecule has 0 aliphatic carbocycles. The van der Waals surface area contributed by atoms with Gasteiger partial charge in [-0.3, -0.25) is 4.90 Å². The predicted octanol–water partition coefficient (Wildman–Crippen LogP) is 3.60. The largest absolute Gasteiger partial charge is 0.381 e. The lowest BCUT2D eigenvalue weighted by atomic mass is 9.78. The van der Waals surface area contributed by atoms with Gasteiger partial charge in [0.25, 0.3) is 0 Å². The number of piperazine rings is 1. The third kappa shape index (κ3) is 3.26. The molecule has 1 N–H and O–H groups in total. The van der Waals surface area contributed by atoms with Crippen molar-refractivity contribution in [2.24, 2.45) is 5.92 Å². The highest BCUT2D eigenvalue weighted by Crippen LogP contribution is 2.40. The average Bonchev–Trinajstić information content (AvgIpc) is 2.63. The molecule has 0 amide bonds. The van der Waals surface area contributed by atoms with Crippen LogP contribution >= 0.6 is 0 Å². The summed E-state index contributed by atoms with van der Waals surface area (Å²) in [6, 6.07) is 0.550. The molecule has 2 heterocycles. The molecule has 0 spiro atoms. The maximum atomic E-state index is 5.67. The molecule has 1 aromatic carbocycles. The van der Waals surface area contributed by atoms with Gasteiger partial charge in [0.15, 0.2) is 0 Å². The summed E-state index contributed by atoms with van der Waals surface area (Å²) in [5, 5.41) is 3.52. The average molecular weight is 331 g/mol. The standard InChI is InChI=1S/C21H34N2O/c1-14-15(2)17(4)20(18(5)16(14)3)21(19-6-12-24-13-7-19)23-10-8-22-9-11-23/h19,21-22H,6-13H2,1-5H3/t21-/m0/s1. The zero-order valence-corrected chi connectivity index (χ0v) is 16.2. The fraction of sp³-hybridized carbons (Fsp3) is 0.714. The molecule has 0 aromatic heterocycles. The van der Waals surface area contributed by atoms with Gasteiger partial charge in [0.05, 0.1) is 0 Å². The van der Waals surface area contributed by atoms with Crippen molar-refractivity contribution in [2.75, 3.05) is 39.4 Å². The predicted molar refractivity (Wildman–Crippen MR) is 101 cm³/mol. The lowest BCUT2D eigenvalue weighted by Gasteiger charge is -2.43. The molecule has 3 nitrogen and oxygen atoms in total. The van der Waals surface area contributed by atoms with E-state index in [2.05, 4.69) is 44.8 Å². The highest BCUT2D eigenvalue weighted by molar-refractivity contribution is 5.51. The molecule has 0 bridgehead atoms. The molecule has 2 saturated heterocycles. The molecule has 2 fully saturated rings. The monoisotopic (exact) mass is 330 g/mol. The van der Waals surface area contributed by atoms with Crippen LogP contribution in [0.4, 0.5) is 0 Å². The third-order valence-electron chi connectivity index (χ3n) is 6.61. The smallest absolute Gasteiger partial charge is 0.0469 e. The maximum Gasteiger partial charge on any atom is 0.0469 e. The zero-order valence-electron chi connectivity index (χ0n) is 16.2. The first-order valence-electron chi connectivity index (χ1n) is 9.61. The molecule has 24 heavy (non-hydrogen) atoms. The molecule has 1 aromatic rings. The number of hydrogen-bond acceptors (Lipinski definition) is 3. The van der Waals surface area contributed by atoms with E-state index in [0.29, 0.717) is 6.04 Å². The quantitative estimate of drug-likeness (QED) is 0.916. The van der Waals surface area contributed by atoms with Crippen molar-refractivity contribution >= 4 is 0 Å². The van der Waals surface area contributed by atoms with Gasteiger partial charge in [-0.25, -0.2) is 0 Å². The molecule has 0 unspecified atom stereocenters. The summed E-state index contributed by atoms with van der Waals surface area (Å²) in [7, 11) is 0. The van der Waals surface area contributed by atoms with Crippen LogP contribution in [0.15, 0.2) is 0 Å². The number of nitrogens with one attached hydrogen (secondary N) is 1. The Morgan fingerprint density at radius 2 is 1.33 bits per heavy atom. The Bertz CT molecular complexity index is 537. The Morgan fingerprint density at radius 1 is 0.833 bits per heavy atom. The van der Waals surface area contributed by atoms with Gasteiger partial charge in [0.2, 0.25) is 0 Å². The van der Waals surface area contributed by atoms with Crippen LogP contribution in [0, 0.1) is 40.5 Å². The molecule has 0 saturated carbocycles. The molecule has 0 radical (unpaired) electrons. The summed E-state index contributed by atoms with van der Waals surface area (Å²) < 4.78 is 5.67. The van der Waals surface area contributed by atoms with Gasteiger partial charge in [-0.15, -0.1) is 0 Å². The highest BCUT2D eigenvalue weighted by Gasteiger charge is 2.34. The second-order valence-electron chi connectivity index (χ2n) is 7.72. The molecular weight excluding hydrogens is 296 g/mol. The van der Waals surface area contributed by atoms with Crippen LogP contribution < -0.4 is 5.32 Å². The minimum absolute atomic E-state index is 0.550. The summed E-state index contributed by atoms with van der Waals surface area (Å²) in [5.74, 6) is 0.718. The number of rotatable bonds is 3. The Balaban J connectivity index is 2.07. The second-order valence-corrected chi connectivity index (χ2v) is 7.72. The summed E-state index contributed by atoms with van der Waals surface area (Å²) in [5.41, 5.74) is 9.10. The molecule has 3 rings (SSSR count). The molecule has 134 valence electrons. The van der Waals surface area contributed by atoms with Crippen molar-refractivity contribution in [3.63, 3.8) is 0 Å². The minimum Gasteiger partial charge on any atom is -0.381 e. The SMILES string of the molecule is Cc1c(C)c(C)c([C@H](C2CCOCC2)N2CCNCC2)c(C)c1C. The van der Waals surface area contributed by atoms with Gasteiger partial charge in [0.1, 0.15) is 0 Å². The Kier molecular flexibility index (Phi) is 5.63. The first-order chi connectivity index (χ1) is 11.5. The minimum atomic E-state index is 0.550. The first kappa shape index (κ1) is 17.9. The third-order valence-corrected chi connectivity index (χ3v) is 6.61. The van der Waals surface area contributed by atoms with Crippen LogP contribution in [0.25, 0.3) is 0 Å². The van der Waals surface area contributed by atoms with Crippen molar-refractivity contribution in [1.29, 1.82) is 0 Å². The van der Waals surface area contributed by atoms with Gasteiger partial charge in [-0.2, -0.15) is 0 Å². The lowest BCUT2D eigenvalue weighted by Crippen LogP contribution is -2.48. The van der Waals surface area contributed by atoms with Crippen molar-refractivity contribution < 1.29 is 4.74 Å². The van der Waals surface area contributed by atoms with E-state index in [1.165, 1.54) is 40.7 Å². The molecule has 1 atom stereocenters. The van der Waals surface area contributed by atoms with Crippen LogP contribution in [0.2, 0.25) is 0 Å². The Labute approximate surface area is 147 Å². The zero-order chi connectivity index (χ0) is 17.3. The molecule has 3 heteroatoms. The molecule has 2 aliphatic rings. The van der Waals surface area contributed by atoms with E-state index in [9.17, 15) is 0 Å². The van der Waals surface area contributed by atoms with E-state index in [-0.39, 0.29) is 0 Å². The van der Waals surface area contributed by atoms with E-state index in [1.807, 2.05) is 0 Å². The van der Waals surface area contributed by atoms with Gasteiger partial charge in [-0.1, -0.05) is 0 Å². The van der Waals surface area contributed by atoms with Crippen LogP contribution in [-0.2, 0) is 4.74 Å². The fourth-order valence-electron chi connectivity index (χ4n) is 4.68.